The Morgan fingerprint density at radius 2 is 1.86 bits per heavy atom. The summed E-state index contributed by atoms with van der Waals surface area (Å²) in [6.45, 7) is 6.07. The second-order valence-corrected chi connectivity index (χ2v) is 5.27. The van der Waals surface area contributed by atoms with Gasteiger partial charge >= 0.3 is 0 Å². The van der Waals surface area contributed by atoms with Crippen LogP contribution in [0.5, 0.6) is 0 Å². The van der Waals surface area contributed by atoms with Crippen LogP contribution in [-0.4, -0.2) is 6.54 Å². The van der Waals surface area contributed by atoms with Gasteiger partial charge in [-0.1, -0.05) is 13.0 Å². The molecule has 0 saturated carbocycles. The lowest BCUT2D eigenvalue weighted by molar-refractivity contribution is 0.765. The van der Waals surface area contributed by atoms with E-state index in [4.69, 9.17) is 11.0 Å². The van der Waals surface area contributed by atoms with E-state index < -0.39 is 0 Å². The Labute approximate surface area is 126 Å². The van der Waals surface area contributed by atoms with Crippen molar-refractivity contribution in [2.24, 2.45) is 0 Å². The van der Waals surface area contributed by atoms with Gasteiger partial charge in [-0.25, -0.2) is 0 Å². The van der Waals surface area contributed by atoms with Gasteiger partial charge in [-0.3, -0.25) is 0 Å². The molecule has 0 unspecified atom stereocenters. The molecule has 2 aromatic carbocycles. The Hall–Kier alpha value is -2.47. The van der Waals surface area contributed by atoms with Crippen LogP contribution in [0.1, 0.15) is 30.0 Å². The van der Waals surface area contributed by atoms with Crippen molar-refractivity contribution in [1.29, 1.82) is 5.26 Å². The Bertz CT molecular complexity index is 639. The van der Waals surface area contributed by atoms with E-state index in [1.54, 1.807) is 0 Å². The molecule has 108 valence electrons. The van der Waals surface area contributed by atoms with Crippen LogP contribution in [0, 0.1) is 18.3 Å². The third-order valence-corrected chi connectivity index (χ3v) is 3.58. The monoisotopic (exact) mass is 279 g/mol. The zero-order valence-corrected chi connectivity index (χ0v) is 12.6. The van der Waals surface area contributed by atoms with E-state index in [-0.39, 0.29) is 0 Å². The number of nitrogens with two attached hydrogens (primary N) is 1. The van der Waals surface area contributed by atoms with Crippen LogP contribution >= 0.6 is 0 Å². The normalized spacial score (nSPS) is 10.1. The van der Waals surface area contributed by atoms with Crippen LogP contribution in [0.3, 0.4) is 0 Å². The Kier molecular flexibility index (Phi) is 4.84. The van der Waals surface area contributed by atoms with Gasteiger partial charge in [-0.2, -0.15) is 5.26 Å². The quantitative estimate of drug-likeness (QED) is 0.845. The SMILES string of the molecule is CCCN(Cc1ccc(C#N)cc1C)c1ccc(N)cc1. The van der Waals surface area contributed by atoms with Crippen LogP contribution < -0.4 is 10.6 Å². The third kappa shape index (κ3) is 3.76. The Balaban J connectivity index is 2.24. The second-order valence-electron chi connectivity index (χ2n) is 5.27. The van der Waals surface area contributed by atoms with E-state index in [1.807, 2.05) is 30.3 Å². The molecule has 0 fully saturated rings. The molecule has 3 heteroatoms. The average Bonchev–Trinajstić information content (AvgIpc) is 2.49. The van der Waals surface area contributed by atoms with Gasteiger partial charge in [0.25, 0.3) is 0 Å². The average molecular weight is 279 g/mol. The summed E-state index contributed by atoms with van der Waals surface area (Å²) in [4.78, 5) is 2.34. The molecule has 0 aromatic heterocycles. The molecule has 0 aliphatic rings. The van der Waals surface area contributed by atoms with Crippen LogP contribution in [-0.2, 0) is 6.54 Å². The molecule has 2 aromatic rings. The molecule has 2 N–H and O–H groups in total. The number of nitrogen functional groups attached to an aromatic ring is 1. The first kappa shape index (κ1) is 14.9. The van der Waals surface area contributed by atoms with E-state index >= 15 is 0 Å². The van der Waals surface area contributed by atoms with Crippen molar-refractivity contribution in [2.45, 2.75) is 26.8 Å². The molecule has 0 aliphatic heterocycles. The van der Waals surface area contributed by atoms with Gasteiger partial charge in [0.05, 0.1) is 11.6 Å². The molecule has 0 bridgehead atoms. The highest BCUT2D eigenvalue weighted by atomic mass is 15.1. The lowest BCUT2D eigenvalue weighted by atomic mass is 10.0. The summed E-state index contributed by atoms with van der Waals surface area (Å²) in [6, 6.07) is 16.1. The summed E-state index contributed by atoms with van der Waals surface area (Å²) in [7, 11) is 0. The fourth-order valence-corrected chi connectivity index (χ4v) is 2.40. The van der Waals surface area contributed by atoms with Crippen molar-refractivity contribution in [3.05, 3.63) is 59.2 Å². The minimum atomic E-state index is 0.714. The zero-order chi connectivity index (χ0) is 15.2. The van der Waals surface area contributed by atoms with Crippen LogP contribution in [0.25, 0.3) is 0 Å². The second kappa shape index (κ2) is 6.81. The molecular formula is C18H21N3. The fraction of sp³-hybridized carbons (Fsp3) is 0.278. The van der Waals surface area contributed by atoms with Crippen LogP contribution in [0.4, 0.5) is 11.4 Å². The Morgan fingerprint density at radius 1 is 1.14 bits per heavy atom. The number of nitrogens with zero attached hydrogens (tertiary/aromatic N) is 2. The number of aryl methyl sites for hydroxylation is 1. The molecular weight excluding hydrogens is 258 g/mol. The van der Waals surface area contributed by atoms with E-state index in [0.717, 1.165) is 30.8 Å². The summed E-state index contributed by atoms with van der Waals surface area (Å²) in [5, 5.41) is 8.95. The Morgan fingerprint density at radius 3 is 2.43 bits per heavy atom. The van der Waals surface area contributed by atoms with Crippen molar-refractivity contribution in [3.63, 3.8) is 0 Å². The van der Waals surface area contributed by atoms with Crippen molar-refractivity contribution in [3.8, 4) is 6.07 Å². The number of nitriles is 1. The van der Waals surface area contributed by atoms with Gasteiger partial charge < -0.3 is 10.6 Å². The lowest BCUT2D eigenvalue weighted by Crippen LogP contribution is -2.23. The summed E-state index contributed by atoms with van der Waals surface area (Å²) in [5.74, 6) is 0. The molecule has 2 rings (SSSR count). The van der Waals surface area contributed by atoms with E-state index in [9.17, 15) is 0 Å². The number of hydrogen-bond acceptors (Lipinski definition) is 3. The van der Waals surface area contributed by atoms with Gasteiger partial charge in [-0.05, 0) is 60.9 Å². The van der Waals surface area contributed by atoms with E-state index in [1.165, 1.54) is 11.3 Å². The van der Waals surface area contributed by atoms with Crippen LogP contribution in [0.2, 0.25) is 0 Å². The highest BCUT2D eigenvalue weighted by molar-refractivity contribution is 5.53. The minimum absolute atomic E-state index is 0.714. The summed E-state index contributed by atoms with van der Waals surface area (Å²) < 4.78 is 0. The molecule has 0 aliphatic carbocycles. The van der Waals surface area contributed by atoms with Gasteiger partial charge in [-0.15, -0.1) is 0 Å². The molecule has 0 amide bonds. The standard InChI is InChI=1S/C18H21N3/c1-3-10-21(18-8-6-17(20)7-9-18)13-16-5-4-15(12-19)11-14(16)2/h4-9,11H,3,10,13,20H2,1-2H3. The summed E-state index contributed by atoms with van der Waals surface area (Å²) >= 11 is 0. The zero-order valence-electron chi connectivity index (χ0n) is 12.6. The van der Waals surface area contributed by atoms with Gasteiger partial charge in [0.15, 0.2) is 0 Å². The van der Waals surface area contributed by atoms with Crippen molar-refractivity contribution < 1.29 is 0 Å². The highest BCUT2D eigenvalue weighted by Crippen LogP contribution is 2.21. The smallest absolute Gasteiger partial charge is 0.0991 e. The highest BCUT2D eigenvalue weighted by Gasteiger charge is 2.08. The van der Waals surface area contributed by atoms with Crippen molar-refractivity contribution in [2.75, 3.05) is 17.2 Å². The molecule has 3 nitrogen and oxygen atoms in total. The molecule has 0 spiro atoms. The lowest BCUT2D eigenvalue weighted by Gasteiger charge is -2.25. The van der Waals surface area contributed by atoms with E-state index in [0.29, 0.717) is 5.56 Å². The van der Waals surface area contributed by atoms with Gasteiger partial charge in [0, 0.05) is 24.5 Å². The summed E-state index contributed by atoms with van der Waals surface area (Å²) in [6.07, 6.45) is 1.08. The molecule has 0 heterocycles. The first-order valence-corrected chi connectivity index (χ1v) is 7.24. The van der Waals surface area contributed by atoms with E-state index in [2.05, 4.69) is 36.9 Å². The van der Waals surface area contributed by atoms with Crippen molar-refractivity contribution >= 4 is 11.4 Å². The predicted molar refractivity (Wildman–Crippen MR) is 88.1 cm³/mol. The summed E-state index contributed by atoms with van der Waals surface area (Å²) in [5.41, 5.74) is 10.8. The predicted octanol–water partition coefficient (Wildman–Crippen LogP) is 3.87. The fourth-order valence-electron chi connectivity index (χ4n) is 2.40. The number of anilines is 2. The molecule has 0 atom stereocenters. The molecule has 0 radical (unpaired) electrons. The first-order chi connectivity index (χ1) is 10.1. The number of hydrogen-bond donors (Lipinski definition) is 1. The third-order valence-electron chi connectivity index (χ3n) is 3.58. The number of rotatable bonds is 5. The largest absolute Gasteiger partial charge is 0.399 e. The van der Waals surface area contributed by atoms with Crippen molar-refractivity contribution in [1.82, 2.24) is 0 Å². The maximum Gasteiger partial charge on any atom is 0.0991 e. The molecule has 21 heavy (non-hydrogen) atoms. The first-order valence-electron chi connectivity index (χ1n) is 7.24. The number of benzene rings is 2. The van der Waals surface area contributed by atoms with Gasteiger partial charge in [0.2, 0.25) is 0 Å². The maximum atomic E-state index is 8.95. The molecule has 0 saturated heterocycles. The minimum Gasteiger partial charge on any atom is -0.399 e. The maximum absolute atomic E-state index is 8.95. The topological polar surface area (TPSA) is 53.0 Å². The van der Waals surface area contributed by atoms with Gasteiger partial charge in [0.1, 0.15) is 0 Å². The van der Waals surface area contributed by atoms with Crippen LogP contribution in [0.15, 0.2) is 42.5 Å².